The lowest BCUT2D eigenvalue weighted by Gasteiger charge is -2.25. The summed E-state index contributed by atoms with van der Waals surface area (Å²) in [6.07, 6.45) is 13.0. The maximum atomic E-state index is 13.1. The topological polar surface area (TPSA) is 46.6 Å². The first kappa shape index (κ1) is 22.7. The molecule has 0 saturated heterocycles. The summed E-state index contributed by atoms with van der Waals surface area (Å²) in [5.41, 5.74) is 2.30. The van der Waals surface area contributed by atoms with E-state index in [9.17, 15) is 9.59 Å². The van der Waals surface area contributed by atoms with E-state index in [1.807, 2.05) is 42.7 Å². The number of hydrogen-bond acceptors (Lipinski definition) is 5. The Morgan fingerprint density at radius 1 is 1.07 bits per heavy atom. The van der Waals surface area contributed by atoms with Crippen molar-refractivity contribution < 1.29 is 14.3 Å². The zero-order valence-corrected chi connectivity index (χ0v) is 19.0. The van der Waals surface area contributed by atoms with Crippen LogP contribution in [-0.4, -0.2) is 42.1 Å². The van der Waals surface area contributed by atoms with Crippen LogP contribution in [-0.2, 0) is 9.53 Å². The molecule has 2 heterocycles. The van der Waals surface area contributed by atoms with Gasteiger partial charge in [-0.25, -0.2) is 4.79 Å². The number of benzene rings is 1. The minimum atomic E-state index is -0.328. The van der Waals surface area contributed by atoms with Crippen LogP contribution in [0, 0.1) is 0 Å². The monoisotopic (exact) mass is 427 g/mol. The summed E-state index contributed by atoms with van der Waals surface area (Å²) in [6, 6.07) is 9.07. The molecule has 0 aromatic heterocycles. The Bertz CT molecular complexity index is 800. The predicted molar refractivity (Wildman–Crippen MR) is 123 cm³/mol. The molecule has 162 valence electrons. The summed E-state index contributed by atoms with van der Waals surface area (Å²) in [4.78, 5) is 28.9. The molecule has 5 heteroatoms. The summed E-state index contributed by atoms with van der Waals surface area (Å²) in [7, 11) is 0. The normalized spacial score (nSPS) is 17.9. The quantitative estimate of drug-likeness (QED) is 0.241. The minimum absolute atomic E-state index is 0.0869. The van der Waals surface area contributed by atoms with Gasteiger partial charge >= 0.3 is 5.97 Å². The Morgan fingerprint density at radius 2 is 1.77 bits per heavy atom. The van der Waals surface area contributed by atoms with Gasteiger partial charge in [0.1, 0.15) is 6.04 Å². The van der Waals surface area contributed by atoms with Crippen molar-refractivity contribution in [3.05, 3.63) is 58.1 Å². The number of esters is 1. The fourth-order valence-corrected chi connectivity index (χ4v) is 4.87. The first-order valence-electron chi connectivity index (χ1n) is 11.2. The first-order valence-corrected chi connectivity index (χ1v) is 12.4. The fraction of sp³-hybridized carbons (Fsp3) is 0.520. The van der Waals surface area contributed by atoms with Crippen LogP contribution < -0.4 is 0 Å². The van der Waals surface area contributed by atoms with Crippen molar-refractivity contribution in [2.75, 3.05) is 19.4 Å². The molecule has 0 spiro atoms. The van der Waals surface area contributed by atoms with Crippen LogP contribution >= 0.6 is 11.8 Å². The highest BCUT2D eigenvalue weighted by molar-refractivity contribution is 8.02. The molecule has 4 nitrogen and oxygen atoms in total. The smallest absolute Gasteiger partial charge is 0.336 e. The Kier molecular flexibility index (Phi) is 8.61. The van der Waals surface area contributed by atoms with E-state index in [0.717, 1.165) is 23.4 Å². The van der Waals surface area contributed by atoms with Crippen molar-refractivity contribution in [3.8, 4) is 0 Å². The average Bonchev–Trinajstić information content (AvgIpc) is 3.34. The van der Waals surface area contributed by atoms with Crippen LogP contribution in [0.3, 0.4) is 0 Å². The molecule has 0 N–H and O–H groups in total. The second kappa shape index (κ2) is 11.4. The van der Waals surface area contributed by atoms with Crippen molar-refractivity contribution in [3.63, 3.8) is 0 Å². The van der Waals surface area contributed by atoms with E-state index in [1.54, 1.807) is 11.8 Å². The van der Waals surface area contributed by atoms with Gasteiger partial charge < -0.3 is 9.64 Å². The highest BCUT2D eigenvalue weighted by Gasteiger charge is 2.41. The SMILES string of the molecule is CCCCCCCCCOC(=O)C1=C2C=C(SC)C(C(=O)c3ccccc3)N2CC1. The molecular formula is C25H33NO3S. The standard InChI is InChI=1S/C25H33NO3S/c1-3-4-5-6-7-8-12-17-29-25(28)20-15-16-26-21(20)18-22(30-2)23(26)24(27)19-13-10-9-11-14-19/h9-11,13-14,18,23H,3-8,12,15-17H2,1-2H3. The average molecular weight is 428 g/mol. The number of ether oxygens (including phenoxy) is 1. The van der Waals surface area contributed by atoms with Crippen molar-refractivity contribution in [1.82, 2.24) is 4.90 Å². The molecule has 0 radical (unpaired) electrons. The second-order valence-corrected chi connectivity index (χ2v) is 8.83. The molecule has 1 unspecified atom stereocenters. The van der Waals surface area contributed by atoms with Gasteiger partial charge in [-0.3, -0.25) is 4.79 Å². The van der Waals surface area contributed by atoms with Gasteiger partial charge in [-0.1, -0.05) is 75.8 Å². The predicted octanol–water partition coefficient (Wildman–Crippen LogP) is 5.75. The van der Waals surface area contributed by atoms with Crippen LogP contribution in [0.4, 0.5) is 0 Å². The molecule has 0 bridgehead atoms. The van der Waals surface area contributed by atoms with Crippen LogP contribution in [0.5, 0.6) is 0 Å². The Hall–Kier alpha value is -2.01. The molecule has 2 aliphatic rings. The summed E-state index contributed by atoms with van der Waals surface area (Å²) in [5, 5.41) is 0. The van der Waals surface area contributed by atoms with Gasteiger partial charge in [-0.15, -0.1) is 11.8 Å². The van der Waals surface area contributed by atoms with E-state index in [1.165, 1.54) is 32.1 Å². The molecule has 1 aromatic carbocycles. The molecule has 3 rings (SSSR count). The van der Waals surface area contributed by atoms with Gasteiger partial charge in [0.15, 0.2) is 5.78 Å². The third kappa shape index (κ3) is 5.37. The number of hydrogen-bond donors (Lipinski definition) is 0. The highest BCUT2D eigenvalue weighted by atomic mass is 32.2. The minimum Gasteiger partial charge on any atom is -0.462 e. The first-order chi connectivity index (χ1) is 14.7. The van der Waals surface area contributed by atoms with Gasteiger partial charge in [0.05, 0.1) is 12.2 Å². The largest absolute Gasteiger partial charge is 0.462 e. The number of nitrogens with zero attached hydrogens (tertiary/aromatic N) is 1. The molecular weight excluding hydrogens is 394 g/mol. The maximum absolute atomic E-state index is 13.1. The van der Waals surface area contributed by atoms with Gasteiger partial charge in [0.25, 0.3) is 0 Å². The van der Waals surface area contributed by atoms with Crippen molar-refractivity contribution >= 4 is 23.5 Å². The number of carbonyl (C=O) groups excluding carboxylic acids is 2. The molecule has 1 aromatic rings. The number of allylic oxidation sites excluding steroid dienone is 1. The summed E-state index contributed by atoms with van der Waals surface area (Å²) in [6.45, 7) is 3.39. The van der Waals surface area contributed by atoms with Gasteiger partial charge in [0.2, 0.25) is 0 Å². The molecule has 30 heavy (non-hydrogen) atoms. The maximum Gasteiger partial charge on any atom is 0.336 e. The zero-order valence-electron chi connectivity index (χ0n) is 18.2. The lowest BCUT2D eigenvalue weighted by Crippen LogP contribution is -2.36. The van der Waals surface area contributed by atoms with E-state index in [2.05, 4.69) is 11.8 Å². The van der Waals surface area contributed by atoms with Gasteiger partial charge in [-0.2, -0.15) is 0 Å². The molecule has 0 fully saturated rings. The molecule has 0 saturated carbocycles. The third-order valence-electron chi connectivity index (χ3n) is 5.85. The second-order valence-electron chi connectivity index (χ2n) is 7.95. The van der Waals surface area contributed by atoms with Crippen molar-refractivity contribution in [2.24, 2.45) is 0 Å². The Morgan fingerprint density at radius 3 is 2.47 bits per heavy atom. The van der Waals surface area contributed by atoms with Crippen LogP contribution in [0.2, 0.25) is 0 Å². The highest BCUT2D eigenvalue weighted by Crippen LogP contribution is 2.40. The lowest BCUT2D eigenvalue weighted by molar-refractivity contribution is -0.139. The number of Topliss-reactive ketones (excluding diaryl/α,β-unsaturated/α-hetero) is 1. The lowest BCUT2D eigenvalue weighted by atomic mass is 10.0. The summed E-state index contributed by atoms with van der Waals surface area (Å²) >= 11 is 1.58. The van der Waals surface area contributed by atoms with E-state index in [-0.39, 0.29) is 17.8 Å². The van der Waals surface area contributed by atoms with Crippen LogP contribution in [0.1, 0.15) is 68.6 Å². The number of fused-ring (bicyclic) bond motifs is 1. The molecule has 1 atom stereocenters. The summed E-state index contributed by atoms with van der Waals surface area (Å²) < 4.78 is 5.57. The van der Waals surface area contributed by atoms with Gasteiger partial charge in [0, 0.05) is 22.7 Å². The molecule has 2 aliphatic heterocycles. The Labute approximate surface area is 184 Å². The molecule has 0 aliphatic carbocycles. The third-order valence-corrected chi connectivity index (χ3v) is 6.66. The van der Waals surface area contributed by atoms with Crippen LogP contribution in [0.15, 0.2) is 52.6 Å². The fourth-order valence-electron chi connectivity index (χ4n) is 4.18. The molecule has 0 amide bonds. The van der Waals surface area contributed by atoms with E-state index < -0.39 is 0 Å². The van der Waals surface area contributed by atoms with E-state index in [0.29, 0.717) is 30.7 Å². The number of thioether (sulfide) groups is 1. The van der Waals surface area contributed by atoms with E-state index >= 15 is 0 Å². The van der Waals surface area contributed by atoms with Gasteiger partial charge in [-0.05, 0) is 25.2 Å². The van der Waals surface area contributed by atoms with Crippen molar-refractivity contribution in [2.45, 2.75) is 64.3 Å². The number of unbranched alkanes of at least 4 members (excludes halogenated alkanes) is 6. The summed E-state index contributed by atoms with van der Waals surface area (Å²) in [5.74, 6) is -0.133. The number of ketones is 1. The van der Waals surface area contributed by atoms with Crippen LogP contribution in [0.25, 0.3) is 0 Å². The number of rotatable bonds is 12. The number of carbonyl (C=O) groups is 2. The van der Waals surface area contributed by atoms with E-state index in [4.69, 9.17) is 4.74 Å². The van der Waals surface area contributed by atoms with Crippen molar-refractivity contribution in [1.29, 1.82) is 0 Å². The Balaban J connectivity index is 1.57. The zero-order chi connectivity index (χ0) is 21.3.